The van der Waals surface area contributed by atoms with E-state index >= 15 is 0 Å². The molecule has 138 valence electrons. The van der Waals surface area contributed by atoms with Gasteiger partial charge < -0.3 is 4.90 Å². The molecule has 6 heteroatoms. The molecule has 1 aliphatic carbocycles. The van der Waals surface area contributed by atoms with Crippen molar-refractivity contribution < 1.29 is 9.18 Å². The van der Waals surface area contributed by atoms with Crippen LogP contribution in [0.3, 0.4) is 0 Å². The molecule has 1 aromatic carbocycles. The number of halogens is 2. The first-order valence-corrected chi connectivity index (χ1v) is 9.95. The molecule has 0 N–H and O–H groups in total. The lowest BCUT2D eigenvalue weighted by atomic mass is 9.93. The van der Waals surface area contributed by atoms with Gasteiger partial charge in [0.15, 0.2) is 0 Å². The molecule has 0 saturated heterocycles. The molecule has 2 aromatic rings. The number of hydrogen-bond acceptors (Lipinski definition) is 3. The average molecular weight is 393 g/mol. The molecule has 0 spiro atoms. The fraction of sp³-hybridized carbons (Fsp3) is 0.400. The van der Waals surface area contributed by atoms with E-state index in [0.717, 1.165) is 35.5 Å². The first kappa shape index (κ1) is 19.1. The zero-order valence-corrected chi connectivity index (χ0v) is 16.5. The van der Waals surface area contributed by atoms with E-state index in [1.807, 2.05) is 18.7 Å². The second-order valence-corrected chi connectivity index (χ2v) is 8.33. The third-order valence-corrected chi connectivity index (χ3v) is 6.03. The van der Waals surface area contributed by atoms with Gasteiger partial charge in [0.1, 0.15) is 10.7 Å². The minimum atomic E-state index is -0.372. The molecule has 1 aromatic heterocycles. The molecule has 1 atom stereocenters. The molecule has 0 bridgehead atoms. The van der Waals surface area contributed by atoms with Crippen LogP contribution in [0.4, 0.5) is 4.39 Å². The van der Waals surface area contributed by atoms with E-state index in [0.29, 0.717) is 28.9 Å². The number of benzene rings is 1. The van der Waals surface area contributed by atoms with E-state index in [9.17, 15) is 9.18 Å². The topological polar surface area (TPSA) is 33.2 Å². The number of hydrogen-bond donors (Lipinski definition) is 0. The second-order valence-electron chi connectivity index (χ2n) is 6.72. The van der Waals surface area contributed by atoms with Crippen molar-refractivity contribution in [3.8, 4) is 0 Å². The Labute approximate surface area is 162 Å². The van der Waals surface area contributed by atoms with Crippen LogP contribution >= 0.6 is 22.9 Å². The zero-order chi connectivity index (χ0) is 18.7. The van der Waals surface area contributed by atoms with Crippen molar-refractivity contribution in [2.75, 3.05) is 6.54 Å². The Morgan fingerprint density at radius 1 is 1.38 bits per heavy atom. The van der Waals surface area contributed by atoms with E-state index in [-0.39, 0.29) is 11.7 Å². The van der Waals surface area contributed by atoms with Gasteiger partial charge in [-0.15, -0.1) is 11.3 Å². The highest BCUT2D eigenvalue weighted by atomic mass is 35.5. The SMILES string of the molecule is Cc1nc(C)c(C(=O)N(Cc2ccc(F)cc2Cl)CC2CC=CCC2)s1. The van der Waals surface area contributed by atoms with Crippen LogP contribution in [0.2, 0.25) is 5.02 Å². The summed E-state index contributed by atoms with van der Waals surface area (Å²) in [6.07, 6.45) is 7.46. The Morgan fingerprint density at radius 2 is 2.19 bits per heavy atom. The summed E-state index contributed by atoms with van der Waals surface area (Å²) in [6.45, 7) is 4.80. The van der Waals surface area contributed by atoms with Gasteiger partial charge in [-0.25, -0.2) is 9.37 Å². The fourth-order valence-corrected chi connectivity index (χ4v) is 4.40. The maximum absolute atomic E-state index is 13.4. The molecule has 0 radical (unpaired) electrons. The van der Waals surface area contributed by atoms with Crippen LogP contribution < -0.4 is 0 Å². The van der Waals surface area contributed by atoms with Crippen LogP contribution in [-0.4, -0.2) is 22.3 Å². The Morgan fingerprint density at radius 3 is 2.81 bits per heavy atom. The zero-order valence-electron chi connectivity index (χ0n) is 15.0. The van der Waals surface area contributed by atoms with Crippen LogP contribution in [0.25, 0.3) is 0 Å². The molecule has 1 heterocycles. The molecule has 3 nitrogen and oxygen atoms in total. The van der Waals surface area contributed by atoms with Gasteiger partial charge in [-0.3, -0.25) is 4.79 Å². The summed E-state index contributed by atoms with van der Waals surface area (Å²) in [5.41, 5.74) is 1.52. The molecule has 1 unspecified atom stereocenters. The van der Waals surface area contributed by atoms with Gasteiger partial charge in [0, 0.05) is 18.1 Å². The van der Waals surface area contributed by atoms with Crippen molar-refractivity contribution in [2.24, 2.45) is 5.92 Å². The number of nitrogens with zero attached hydrogens (tertiary/aromatic N) is 2. The van der Waals surface area contributed by atoms with Gasteiger partial charge in [0.05, 0.1) is 10.7 Å². The monoisotopic (exact) mass is 392 g/mol. The van der Waals surface area contributed by atoms with E-state index < -0.39 is 0 Å². The largest absolute Gasteiger partial charge is 0.333 e. The lowest BCUT2D eigenvalue weighted by Gasteiger charge is -2.28. The quantitative estimate of drug-likeness (QED) is 0.625. The summed E-state index contributed by atoms with van der Waals surface area (Å²) in [5.74, 6) is 0.0310. The van der Waals surface area contributed by atoms with Crippen molar-refractivity contribution in [2.45, 2.75) is 39.7 Å². The van der Waals surface area contributed by atoms with Crippen molar-refractivity contribution in [1.82, 2.24) is 9.88 Å². The van der Waals surface area contributed by atoms with Crippen LogP contribution in [0.1, 0.15) is 45.2 Å². The lowest BCUT2D eigenvalue weighted by Crippen LogP contribution is -2.35. The lowest BCUT2D eigenvalue weighted by molar-refractivity contribution is 0.0714. The van der Waals surface area contributed by atoms with E-state index in [1.54, 1.807) is 6.07 Å². The molecule has 0 aliphatic heterocycles. The summed E-state index contributed by atoms with van der Waals surface area (Å²) in [5, 5.41) is 1.23. The van der Waals surface area contributed by atoms with Crippen molar-refractivity contribution in [1.29, 1.82) is 0 Å². The third-order valence-electron chi connectivity index (χ3n) is 4.62. The number of aromatic nitrogens is 1. The molecule has 3 rings (SSSR count). The summed E-state index contributed by atoms with van der Waals surface area (Å²) in [7, 11) is 0. The Balaban J connectivity index is 1.86. The van der Waals surface area contributed by atoms with Crippen LogP contribution in [0.5, 0.6) is 0 Å². The number of carbonyl (C=O) groups excluding carboxylic acids is 1. The predicted molar refractivity (Wildman–Crippen MR) is 104 cm³/mol. The average Bonchev–Trinajstić information content (AvgIpc) is 2.95. The summed E-state index contributed by atoms with van der Waals surface area (Å²) in [6, 6.07) is 4.34. The first-order chi connectivity index (χ1) is 12.4. The Bertz CT molecular complexity index is 833. The van der Waals surface area contributed by atoms with E-state index in [4.69, 9.17) is 11.6 Å². The number of amides is 1. The van der Waals surface area contributed by atoms with Crippen molar-refractivity contribution in [3.63, 3.8) is 0 Å². The van der Waals surface area contributed by atoms with Gasteiger partial charge in [-0.05, 0) is 56.7 Å². The molecule has 1 amide bonds. The molecule has 1 aliphatic rings. The second kappa shape index (κ2) is 8.31. The van der Waals surface area contributed by atoms with Gasteiger partial charge in [0.2, 0.25) is 0 Å². The summed E-state index contributed by atoms with van der Waals surface area (Å²) >= 11 is 7.62. The van der Waals surface area contributed by atoms with Crippen LogP contribution in [0, 0.1) is 25.6 Å². The Hall–Kier alpha value is -1.72. The van der Waals surface area contributed by atoms with Gasteiger partial charge in [-0.1, -0.05) is 29.8 Å². The summed E-state index contributed by atoms with van der Waals surface area (Å²) < 4.78 is 13.4. The number of rotatable bonds is 5. The number of thiazole rings is 1. The van der Waals surface area contributed by atoms with Crippen molar-refractivity contribution >= 4 is 28.8 Å². The van der Waals surface area contributed by atoms with Crippen LogP contribution in [-0.2, 0) is 6.54 Å². The highest BCUT2D eigenvalue weighted by Gasteiger charge is 2.25. The van der Waals surface area contributed by atoms with Crippen molar-refractivity contribution in [3.05, 3.63) is 62.3 Å². The minimum absolute atomic E-state index is 0.0250. The van der Waals surface area contributed by atoms with Crippen LogP contribution in [0.15, 0.2) is 30.4 Å². The van der Waals surface area contributed by atoms with E-state index in [2.05, 4.69) is 17.1 Å². The maximum Gasteiger partial charge on any atom is 0.266 e. The molecule has 0 fully saturated rings. The van der Waals surface area contributed by atoms with Gasteiger partial charge in [-0.2, -0.15) is 0 Å². The third kappa shape index (κ3) is 4.51. The molecule has 0 saturated carbocycles. The number of aryl methyl sites for hydroxylation is 2. The summed E-state index contributed by atoms with van der Waals surface area (Å²) in [4.78, 5) is 20.1. The first-order valence-electron chi connectivity index (χ1n) is 8.76. The predicted octanol–water partition coefficient (Wildman–Crippen LogP) is 5.55. The molecule has 26 heavy (non-hydrogen) atoms. The van der Waals surface area contributed by atoms with Gasteiger partial charge in [0.25, 0.3) is 5.91 Å². The fourth-order valence-electron chi connectivity index (χ4n) is 3.28. The number of carbonyl (C=O) groups is 1. The highest BCUT2D eigenvalue weighted by Crippen LogP contribution is 2.26. The standard InChI is InChI=1S/C20H22ClFN2OS/c1-13-19(26-14(2)23-13)20(25)24(11-15-6-4-3-5-7-15)12-16-8-9-17(22)10-18(16)21/h3-4,8-10,15H,5-7,11-12H2,1-2H3. The smallest absolute Gasteiger partial charge is 0.266 e. The maximum atomic E-state index is 13.4. The molecular formula is C20H22ClFN2OS. The highest BCUT2D eigenvalue weighted by molar-refractivity contribution is 7.13. The van der Waals surface area contributed by atoms with Gasteiger partial charge >= 0.3 is 0 Å². The van der Waals surface area contributed by atoms with E-state index in [1.165, 1.54) is 23.5 Å². The molecular weight excluding hydrogens is 371 g/mol. The normalized spacial score (nSPS) is 16.7. The Kier molecular flexibility index (Phi) is 6.09. The number of allylic oxidation sites excluding steroid dienone is 2. The minimum Gasteiger partial charge on any atom is -0.333 e.